The molecule has 0 saturated carbocycles. The van der Waals surface area contributed by atoms with Gasteiger partial charge in [0.25, 0.3) is 0 Å². The van der Waals surface area contributed by atoms with E-state index in [9.17, 15) is 19.2 Å². The van der Waals surface area contributed by atoms with Gasteiger partial charge in [-0.05, 0) is 50.0 Å². The van der Waals surface area contributed by atoms with E-state index in [1.165, 1.54) is 0 Å². The van der Waals surface area contributed by atoms with Gasteiger partial charge < -0.3 is 55.7 Å². The Morgan fingerprint density at radius 3 is 1.72 bits per heavy atom. The van der Waals surface area contributed by atoms with Crippen LogP contribution in [0.5, 0.6) is 0 Å². The zero-order chi connectivity index (χ0) is 37.6. The van der Waals surface area contributed by atoms with Crippen LogP contribution < -0.4 is 55.7 Å². The molecule has 1 rings (SSSR count). The van der Waals surface area contributed by atoms with Crippen molar-refractivity contribution in [1.82, 2.24) is 21.3 Å². The Bertz CT molecular complexity index is 1340. The largest absolute Gasteiger partial charge is 0.388 e. The highest BCUT2D eigenvalue weighted by Crippen LogP contribution is 2.10. The lowest BCUT2D eigenvalue weighted by molar-refractivity contribution is -0.134. The maximum Gasteiger partial charge on any atom is 0.243 e. The molecule has 0 spiro atoms. The Labute approximate surface area is 293 Å². The highest BCUT2D eigenvalue weighted by molar-refractivity contribution is 5.95. The van der Waals surface area contributed by atoms with Crippen molar-refractivity contribution in [3.8, 4) is 0 Å². The summed E-state index contributed by atoms with van der Waals surface area (Å²) in [7, 11) is 0. The van der Waals surface area contributed by atoms with Crippen molar-refractivity contribution in [2.75, 3.05) is 13.1 Å². The smallest absolute Gasteiger partial charge is 0.243 e. The lowest BCUT2D eigenvalue weighted by Gasteiger charge is -2.27. The van der Waals surface area contributed by atoms with Crippen molar-refractivity contribution in [2.45, 2.75) is 96.3 Å². The zero-order valence-corrected chi connectivity index (χ0v) is 29.1. The van der Waals surface area contributed by atoms with Crippen molar-refractivity contribution < 1.29 is 19.2 Å². The second kappa shape index (κ2) is 23.0. The van der Waals surface area contributed by atoms with E-state index in [2.05, 4.69) is 31.3 Å². The molecule has 0 fully saturated rings. The second-order valence-corrected chi connectivity index (χ2v) is 12.2. The summed E-state index contributed by atoms with van der Waals surface area (Å²) < 4.78 is 0. The summed E-state index contributed by atoms with van der Waals surface area (Å²) in [5.41, 5.74) is 33.9. The lowest BCUT2D eigenvalue weighted by atomic mass is 10.0. The van der Waals surface area contributed by atoms with Crippen molar-refractivity contribution in [1.29, 1.82) is 10.8 Å². The van der Waals surface area contributed by atoms with Crippen LogP contribution in [0.25, 0.3) is 0 Å². The number of amides is 4. The Balaban J connectivity index is 3.04. The summed E-state index contributed by atoms with van der Waals surface area (Å²) >= 11 is 0. The van der Waals surface area contributed by atoms with Crippen LogP contribution in [-0.2, 0) is 25.7 Å². The number of benzene rings is 1. The normalized spacial score (nSPS) is 12.5. The molecule has 0 aliphatic carbocycles. The van der Waals surface area contributed by atoms with E-state index < -0.39 is 35.8 Å². The molecule has 0 aliphatic rings. The van der Waals surface area contributed by atoms with Crippen molar-refractivity contribution in [3.05, 3.63) is 35.4 Å². The van der Waals surface area contributed by atoms with Gasteiger partial charge in [0.15, 0.2) is 11.9 Å². The first-order chi connectivity index (χ1) is 23.6. The molecule has 4 amide bonds. The fourth-order valence-electron chi connectivity index (χ4n) is 4.75. The number of nitrogen functional groups attached to an aromatic ring is 1. The fraction of sp³-hybridized carbons (Fsp3) is 0.562. The molecule has 0 heterocycles. The maximum atomic E-state index is 13.6. The van der Waals surface area contributed by atoms with E-state index in [0.717, 1.165) is 5.56 Å². The van der Waals surface area contributed by atoms with Crippen LogP contribution in [0.2, 0.25) is 0 Å². The monoisotopic (exact) mass is 700 g/mol. The van der Waals surface area contributed by atoms with E-state index >= 15 is 0 Å². The second-order valence-electron chi connectivity index (χ2n) is 12.2. The van der Waals surface area contributed by atoms with Gasteiger partial charge in [0.2, 0.25) is 23.6 Å². The summed E-state index contributed by atoms with van der Waals surface area (Å²) in [6.07, 6.45) is 3.69. The number of nitrogens with zero attached hydrogens (tertiary/aromatic N) is 2. The van der Waals surface area contributed by atoms with Crippen LogP contribution >= 0.6 is 0 Å². The molecule has 278 valence electrons. The molecular formula is C32H56N14O4. The summed E-state index contributed by atoms with van der Waals surface area (Å²) in [6, 6.07) is 3.80. The number of hydrogen-bond acceptors (Lipinski definition) is 8. The number of nitrogens with one attached hydrogen (secondary N) is 6. The number of unbranched alkanes of at least 4 members (excludes halogenated alkanes) is 2. The molecule has 0 bridgehead atoms. The SMILES string of the molecule is CC(C)C(NC(=O)[C@H](CCCN=C(N)N)NC(=O)CCCCCC(=N)N)C(=O)N[C@@H](CCCN=C(N)N)C(=O)NCc1ccc(C(=N)N)cc1. The number of carbonyl (C=O) groups excluding carboxylic acids is 4. The number of carbonyl (C=O) groups is 4. The minimum atomic E-state index is -1.04. The first-order valence-electron chi connectivity index (χ1n) is 16.7. The topological polar surface area (TPSA) is 345 Å². The molecule has 3 atom stereocenters. The minimum absolute atomic E-state index is 0.0759. The molecule has 1 aromatic carbocycles. The number of rotatable bonds is 24. The molecule has 0 saturated heterocycles. The highest BCUT2D eigenvalue weighted by atomic mass is 16.2. The minimum Gasteiger partial charge on any atom is -0.388 e. The molecular weight excluding hydrogens is 644 g/mol. The molecule has 0 aromatic heterocycles. The zero-order valence-electron chi connectivity index (χ0n) is 29.1. The first kappa shape index (κ1) is 42.6. The first-order valence-corrected chi connectivity index (χ1v) is 16.7. The van der Waals surface area contributed by atoms with E-state index in [1.54, 1.807) is 38.1 Å². The molecule has 50 heavy (non-hydrogen) atoms. The summed E-state index contributed by atoms with van der Waals surface area (Å²) in [6.45, 7) is 4.11. The number of nitrogens with two attached hydrogens (primary N) is 6. The number of amidine groups is 2. The van der Waals surface area contributed by atoms with E-state index in [-0.39, 0.29) is 74.3 Å². The van der Waals surface area contributed by atoms with Gasteiger partial charge >= 0.3 is 0 Å². The predicted molar refractivity (Wildman–Crippen MR) is 195 cm³/mol. The summed E-state index contributed by atoms with van der Waals surface area (Å²) in [5, 5.41) is 25.9. The summed E-state index contributed by atoms with van der Waals surface area (Å²) in [5.74, 6) is -2.52. The van der Waals surface area contributed by atoms with Crippen molar-refractivity contribution in [3.63, 3.8) is 0 Å². The Kier molecular flexibility index (Phi) is 19.6. The van der Waals surface area contributed by atoms with Gasteiger partial charge in [-0.2, -0.15) is 0 Å². The average Bonchev–Trinajstić information content (AvgIpc) is 3.04. The van der Waals surface area contributed by atoms with Gasteiger partial charge in [-0.3, -0.25) is 40.0 Å². The van der Waals surface area contributed by atoms with Gasteiger partial charge in [-0.1, -0.05) is 44.5 Å². The van der Waals surface area contributed by atoms with Crippen LogP contribution in [0.4, 0.5) is 0 Å². The standard InChI is InChI=1S/C32H56N14O4/c1-19(2)26(46-29(49)23(9-7-17-42-32(39)40)44-25(47)11-5-3-4-10-24(33)34)30(50)45-22(8-6-16-41-31(37)38)28(48)43-18-20-12-14-21(15-13-20)27(35)36/h12-15,19,22-23,26H,3-11,16-18H2,1-2H3,(H3,33,34)(H3,35,36)(H,43,48)(H,44,47)(H,45,50)(H,46,49)(H4,37,38,41)(H4,39,40,42)/t22-,23-,26?/m0/s1. The fourth-order valence-corrected chi connectivity index (χ4v) is 4.75. The Morgan fingerprint density at radius 2 is 1.22 bits per heavy atom. The Hall–Kier alpha value is -5.42. The molecule has 0 aliphatic heterocycles. The summed E-state index contributed by atoms with van der Waals surface area (Å²) in [4.78, 5) is 61.1. The molecule has 1 unspecified atom stereocenters. The van der Waals surface area contributed by atoms with Crippen LogP contribution in [-0.4, -0.2) is 78.4 Å². The molecule has 18 nitrogen and oxygen atoms in total. The van der Waals surface area contributed by atoms with Gasteiger partial charge in [0, 0.05) is 38.0 Å². The van der Waals surface area contributed by atoms with Gasteiger partial charge in [-0.15, -0.1) is 0 Å². The van der Waals surface area contributed by atoms with E-state index in [4.69, 9.17) is 45.2 Å². The van der Waals surface area contributed by atoms with E-state index in [0.29, 0.717) is 44.1 Å². The predicted octanol–water partition coefficient (Wildman–Crippen LogP) is -1.31. The Morgan fingerprint density at radius 1 is 0.680 bits per heavy atom. The third-order valence-corrected chi connectivity index (χ3v) is 7.50. The molecule has 1 aromatic rings. The third-order valence-electron chi connectivity index (χ3n) is 7.50. The molecule has 0 radical (unpaired) electrons. The maximum absolute atomic E-state index is 13.6. The van der Waals surface area contributed by atoms with Crippen LogP contribution in [0.1, 0.15) is 82.8 Å². The lowest BCUT2D eigenvalue weighted by Crippen LogP contribution is -2.58. The number of hydrogen-bond donors (Lipinski definition) is 12. The van der Waals surface area contributed by atoms with Gasteiger partial charge in [0.1, 0.15) is 24.0 Å². The van der Waals surface area contributed by atoms with E-state index in [1.807, 2.05) is 0 Å². The number of guanidine groups is 2. The van der Waals surface area contributed by atoms with Gasteiger partial charge in [0.05, 0.1) is 5.84 Å². The van der Waals surface area contributed by atoms with Gasteiger partial charge in [-0.25, -0.2) is 0 Å². The average molecular weight is 701 g/mol. The molecule has 18 heteroatoms. The molecule has 18 N–H and O–H groups in total. The highest BCUT2D eigenvalue weighted by Gasteiger charge is 2.31. The van der Waals surface area contributed by atoms with Crippen molar-refractivity contribution >= 4 is 47.2 Å². The van der Waals surface area contributed by atoms with Crippen LogP contribution in [0, 0.1) is 16.7 Å². The van der Waals surface area contributed by atoms with Crippen LogP contribution in [0.3, 0.4) is 0 Å². The quantitative estimate of drug-likeness (QED) is 0.0343. The third kappa shape index (κ3) is 18.2. The van der Waals surface area contributed by atoms with Crippen LogP contribution in [0.15, 0.2) is 34.3 Å². The number of aliphatic imine (C=N–C) groups is 2. The van der Waals surface area contributed by atoms with Crippen molar-refractivity contribution in [2.24, 2.45) is 50.3 Å².